The van der Waals surface area contributed by atoms with E-state index in [9.17, 15) is 14.7 Å². The van der Waals surface area contributed by atoms with E-state index in [1.807, 2.05) is 13.8 Å². The zero-order valence-corrected chi connectivity index (χ0v) is 19.7. The monoisotopic (exact) mass is 416 g/mol. The summed E-state index contributed by atoms with van der Waals surface area (Å²) in [6, 6.07) is 0. The molecule has 1 aliphatic heterocycles. The molecule has 0 aromatic carbocycles. The molecule has 1 heterocycles. The highest BCUT2D eigenvalue weighted by Gasteiger charge is 2.72. The van der Waals surface area contributed by atoms with E-state index in [1.54, 1.807) is 0 Å². The first-order valence-electron chi connectivity index (χ1n) is 12.3. The highest BCUT2D eigenvalue weighted by Crippen LogP contribution is 2.73. The first-order chi connectivity index (χ1) is 13.9. The van der Waals surface area contributed by atoms with Crippen LogP contribution in [0.2, 0.25) is 0 Å². The predicted molar refractivity (Wildman–Crippen MR) is 114 cm³/mol. The van der Waals surface area contributed by atoms with Gasteiger partial charge in [-0.05, 0) is 73.0 Å². The molecule has 0 aromatic heterocycles. The van der Waals surface area contributed by atoms with Crippen molar-refractivity contribution in [2.24, 2.45) is 51.2 Å². The minimum absolute atomic E-state index is 0.0145. The number of esters is 1. The van der Waals surface area contributed by atoms with Crippen molar-refractivity contribution in [3.05, 3.63) is 0 Å². The van der Waals surface area contributed by atoms with Gasteiger partial charge >= 0.3 is 5.97 Å². The van der Waals surface area contributed by atoms with Gasteiger partial charge in [0.2, 0.25) is 0 Å². The summed E-state index contributed by atoms with van der Waals surface area (Å²) in [5, 5.41) is 11.1. The molecule has 0 aromatic rings. The Labute approximate surface area is 181 Å². The number of hydrogen-bond acceptors (Lipinski definition) is 4. The van der Waals surface area contributed by atoms with Gasteiger partial charge in [0.05, 0.1) is 12.0 Å². The second-order valence-corrected chi connectivity index (χ2v) is 13.0. The fourth-order valence-electron chi connectivity index (χ4n) is 10.1. The van der Waals surface area contributed by atoms with Gasteiger partial charge in [0.1, 0.15) is 11.9 Å². The number of aliphatic hydroxyl groups excluding tert-OH is 1. The fourth-order valence-corrected chi connectivity index (χ4v) is 10.1. The normalized spacial score (nSPS) is 57.0. The Morgan fingerprint density at radius 3 is 2.30 bits per heavy atom. The first kappa shape index (κ1) is 21.0. The van der Waals surface area contributed by atoms with Gasteiger partial charge in [-0.15, -0.1) is 0 Å². The molecule has 30 heavy (non-hydrogen) atoms. The SMILES string of the molecule is CC1OC(=O)C2C1C(O)CC1C3(C)CCC4C(C)(C)CCCC4(C)C3CC(=O)C21C. The second-order valence-electron chi connectivity index (χ2n) is 13.0. The van der Waals surface area contributed by atoms with Crippen molar-refractivity contribution < 1.29 is 19.4 Å². The molecule has 0 bridgehead atoms. The van der Waals surface area contributed by atoms with Crippen molar-refractivity contribution >= 4 is 11.8 Å². The molecule has 5 fully saturated rings. The van der Waals surface area contributed by atoms with Crippen LogP contribution in [0, 0.1) is 51.2 Å². The van der Waals surface area contributed by atoms with Crippen LogP contribution in [0.25, 0.3) is 0 Å². The largest absolute Gasteiger partial charge is 0.462 e. The standard InChI is InChI=1S/C26H40O4/c1-14-20-15(27)12-18-25(5)11-8-16-23(2,3)9-7-10-24(16,4)17(25)13-19(28)26(18,6)21(20)22(29)30-14/h14-18,20-21,27H,7-13H2,1-6H3. The van der Waals surface area contributed by atoms with Gasteiger partial charge in [-0.25, -0.2) is 0 Å². The van der Waals surface area contributed by atoms with E-state index in [0.717, 1.165) is 6.42 Å². The molecular weight excluding hydrogens is 376 g/mol. The molecular formula is C26H40O4. The molecule has 1 saturated heterocycles. The van der Waals surface area contributed by atoms with Crippen LogP contribution < -0.4 is 0 Å². The van der Waals surface area contributed by atoms with Gasteiger partial charge < -0.3 is 9.84 Å². The molecule has 5 rings (SSSR count). The lowest BCUT2D eigenvalue weighted by molar-refractivity contribution is -0.219. The summed E-state index contributed by atoms with van der Waals surface area (Å²) < 4.78 is 5.59. The second kappa shape index (κ2) is 6.11. The number of Topliss-reactive ketones (excluding diaryl/α,β-unsaturated/α-hetero) is 1. The zero-order chi connectivity index (χ0) is 21.9. The molecule has 168 valence electrons. The van der Waals surface area contributed by atoms with Crippen LogP contribution in [0.15, 0.2) is 0 Å². The minimum Gasteiger partial charge on any atom is -0.462 e. The lowest BCUT2D eigenvalue weighted by atomic mass is 9.34. The third-order valence-corrected chi connectivity index (χ3v) is 11.4. The number of ether oxygens (including phenoxy) is 1. The summed E-state index contributed by atoms with van der Waals surface area (Å²) in [7, 11) is 0. The van der Waals surface area contributed by atoms with Gasteiger partial charge in [0, 0.05) is 17.8 Å². The Balaban J connectivity index is 1.60. The van der Waals surface area contributed by atoms with Crippen LogP contribution in [0.1, 0.15) is 86.5 Å². The summed E-state index contributed by atoms with van der Waals surface area (Å²) in [6.45, 7) is 13.6. The Kier molecular flexibility index (Phi) is 4.27. The van der Waals surface area contributed by atoms with E-state index in [2.05, 4.69) is 27.7 Å². The van der Waals surface area contributed by atoms with Crippen LogP contribution in [-0.4, -0.2) is 29.1 Å². The summed E-state index contributed by atoms with van der Waals surface area (Å²) in [6.07, 6.45) is 6.36. The molecule has 5 aliphatic rings. The molecule has 10 atom stereocenters. The molecule has 1 N–H and O–H groups in total. The molecule has 4 nitrogen and oxygen atoms in total. The molecule has 0 amide bonds. The Bertz CT molecular complexity index is 788. The maximum absolute atomic E-state index is 13.9. The molecule has 4 aliphatic carbocycles. The molecule has 0 radical (unpaired) electrons. The van der Waals surface area contributed by atoms with Crippen LogP contribution in [0.3, 0.4) is 0 Å². The third kappa shape index (κ3) is 2.33. The topological polar surface area (TPSA) is 63.6 Å². The van der Waals surface area contributed by atoms with Crippen LogP contribution in [0.5, 0.6) is 0 Å². The van der Waals surface area contributed by atoms with E-state index in [0.29, 0.717) is 30.1 Å². The Morgan fingerprint density at radius 1 is 0.933 bits per heavy atom. The quantitative estimate of drug-likeness (QED) is 0.578. The van der Waals surface area contributed by atoms with Gasteiger partial charge in [0.25, 0.3) is 0 Å². The van der Waals surface area contributed by atoms with E-state index in [1.165, 1.54) is 25.7 Å². The van der Waals surface area contributed by atoms with Crippen LogP contribution >= 0.6 is 0 Å². The van der Waals surface area contributed by atoms with Gasteiger partial charge in [-0.2, -0.15) is 0 Å². The lowest BCUT2D eigenvalue weighted by Gasteiger charge is -2.69. The molecule has 4 saturated carbocycles. The number of carbonyl (C=O) groups excluding carboxylic acids is 2. The number of aliphatic hydroxyl groups is 1. The highest BCUT2D eigenvalue weighted by molar-refractivity contribution is 5.93. The number of carbonyl (C=O) groups is 2. The summed E-state index contributed by atoms with van der Waals surface area (Å²) in [5.41, 5.74) is -0.235. The van der Waals surface area contributed by atoms with Crippen molar-refractivity contribution in [1.29, 1.82) is 0 Å². The lowest BCUT2D eigenvalue weighted by Crippen LogP contribution is -2.68. The average Bonchev–Trinajstić information content (AvgIpc) is 2.95. The third-order valence-electron chi connectivity index (χ3n) is 11.4. The fraction of sp³-hybridized carbons (Fsp3) is 0.923. The van der Waals surface area contributed by atoms with Crippen molar-refractivity contribution in [3.8, 4) is 0 Å². The average molecular weight is 417 g/mol. The zero-order valence-electron chi connectivity index (χ0n) is 19.7. The number of rotatable bonds is 0. The van der Waals surface area contributed by atoms with Gasteiger partial charge in [-0.3, -0.25) is 9.59 Å². The highest BCUT2D eigenvalue weighted by atomic mass is 16.6. The smallest absolute Gasteiger partial charge is 0.310 e. The first-order valence-corrected chi connectivity index (χ1v) is 12.3. The van der Waals surface area contributed by atoms with Crippen LogP contribution in [-0.2, 0) is 14.3 Å². The number of cyclic esters (lactones) is 1. The molecule has 10 unspecified atom stereocenters. The van der Waals surface area contributed by atoms with Crippen molar-refractivity contribution in [2.45, 2.75) is 98.7 Å². The van der Waals surface area contributed by atoms with Crippen molar-refractivity contribution in [2.75, 3.05) is 0 Å². The van der Waals surface area contributed by atoms with Crippen LogP contribution in [0.4, 0.5) is 0 Å². The Hall–Kier alpha value is -0.900. The van der Waals surface area contributed by atoms with E-state index >= 15 is 0 Å². The summed E-state index contributed by atoms with van der Waals surface area (Å²) in [4.78, 5) is 26.9. The summed E-state index contributed by atoms with van der Waals surface area (Å²) >= 11 is 0. The minimum atomic E-state index is -0.704. The van der Waals surface area contributed by atoms with E-state index < -0.39 is 17.4 Å². The number of ketones is 1. The van der Waals surface area contributed by atoms with E-state index in [-0.39, 0.29) is 40.5 Å². The van der Waals surface area contributed by atoms with Gasteiger partial charge in [0.15, 0.2) is 0 Å². The Morgan fingerprint density at radius 2 is 1.60 bits per heavy atom. The van der Waals surface area contributed by atoms with E-state index in [4.69, 9.17) is 4.74 Å². The maximum atomic E-state index is 13.9. The maximum Gasteiger partial charge on any atom is 0.310 e. The summed E-state index contributed by atoms with van der Waals surface area (Å²) in [5.74, 6) is 0.302. The predicted octanol–water partition coefficient (Wildman–Crippen LogP) is 4.77. The van der Waals surface area contributed by atoms with Crippen molar-refractivity contribution in [3.63, 3.8) is 0 Å². The molecule has 0 spiro atoms. The van der Waals surface area contributed by atoms with Crippen molar-refractivity contribution in [1.82, 2.24) is 0 Å². The number of fused-ring (bicyclic) bond motifs is 7. The molecule has 4 heteroatoms. The number of hydrogen-bond donors (Lipinski definition) is 1. The van der Waals surface area contributed by atoms with Gasteiger partial charge in [-0.1, -0.05) is 41.0 Å².